The first-order valence-electron chi connectivity index (χ1n) is 18.4. The van der Waals surface area contributed by atoms with Gasteiger partial charge in [-0.2, -0.15) is 0 Å². The SMILES string of the molecule is C/C=C/C(O)C(C)(C)C1C/C=C\C#C/C=C/C(OC)Cc2nc(co2)C(=O)OC(C(C)(C)C(O)/C=C/C)C/C=C\C#C/C=C/C(OC)Cc2nc(co2)C(=O)O1. The summed E-state index contributed by atoms with van der Waals surface area (Å²) in [4.78, 5) is 35.2. The van der Waals surface area contributed by atoms with E-state index >= 15 is 0 Å². The van der Waals surface area contributed by atoms with Crippen LogP contribution in [0.4, 0.5) is 0 Å². The molecule has 2 aromatic heterocycles. The van der Waals surface area contributed by atoms with E-state index in [1.807, 2.05) is 27.7 Å². The molecular formula is C44H54N2O10. The van der Waals surface area contributed by atoms with Crippen molar-refractivity contribution in [3.63, 3.8) is 0 Å². The van der Waals surface area contributed by atoms with E-state index in [1.54, 1.807) is 86.8 Å². The van der Waals surface area contributed by atoms with Gasteiger partial charge in [-0.25, -0.2) is 19.6 Å². The number of hydrogen-bond acceptors (Lipinski definition) is 12. The van der Waals surface area contributed by atoms with Crippen molar-refractivity contribution in [2.24, 2.45) is 10.8 Å². The molecule has 2 N–H and O–H groups in total. The zero-order valence-electron chi connectivity index (χ0n) is 33.4. The lowest BCUT2D eigenvalue weighted by Crippen LogP contribution is -2.42. The van der Waals surface area contributed by atoms with Crippen LogP contribution in [-0.2, 0) is 31.8 Å². The number of methoxy groups -OCH3 is 2. The molecule has 6 atom stereocenters. The smallest absolute Gasteiger partial charge is 0.360 e. The Morgan fingerprint density at radius 2 is 1.07 bits per heavy atom. The van der Waals surface area contributed by atoms with Gasteiger partial charge in [0.05, 0.1) is 37.3 Å². The van der Waals surface area contributed by atoms with Crippen molar-refractivity contribution in [3.8, 4) is 23.7 Å². The van der Waals surface area contributed by atoms with Crippen LogP contribution in [0.1, 0.15) is 87.1 Å². The maximum Gasteiger partial charge on any atom is 0.360 e. The van der Waals surface area contributed by atoms with Crippen molar-refractivity contribution in [1.82, 2.24) is 9.97 Å². The monoisotopic (exact) mass is 770 g/mol. The second-order valence-corrected chi connectivity index (χ2v) is 14.2. The van der Waals surface area contributed by atoms with Crippen LogP contribution in [-0.4, -0.2) is 83.0 Å². The van der Waals surface area contributed by atoms with Crippen LogP contribution in [0.3, 0.4) is 0 Å². The molecule has 1 aliphatic heterocycles. The van der Waals surface area contributed by atoms with Crippen molar-refractivity contribution >= 4 is 11.9 Å². The number of allylic oxidation sites excluding steroid dienone is 6. The Morgan fingerprint density at radius 3 is 1.43 bits per heavy atom. The number of aromatic nitrogens is 2. The second-order valence-electron chi connectivity index (χ2n) is 14.2. The van der Waals surface area contributed by atoms with E-state index in [4.69, 9.17) is 27.8 Å². The van der Waals surface area contributed by atoms with Gasteiger partial charge < -0.3 is 38.0 Å². The standard InChI is InChI=1S/C44H54N2O10/c1-9-21-35(47)43(3,4)37-25-19-15-11-13-17-23-32(52-8)28-40-46-34(30-54-40)42(50)56-38(44(5,6)36(48)22-10-2)26-20-16-12-14-18-24-31(51-7)27-39-45-33(29-53-39)41(49)55-37/h9-10,15-24,29-32,35-38,47-48H,25-28H2,1-8H3/b19-15-,20-16-,21-9+,22-10+,23-17+,24-18+. The van der Waals surface area contributed by atoms with Crippen molar-refractivity contribution in [3.05, 3.63) is 109 Å². The predicted molar refractivity (Wildman–Crippen MR) is 211 cm³/mol. The number of carbonyl (C=O) groups excluding carboxylic acids is 2. The Hall–Kier alpha value is -5.24. The molecule has 0 radical (unpaired) electrons. The van der Waals surface area contributed by atoms with Crippen LogP contribution < -0.4 is 0 Å². The normalized spacial score (nSPS) is 24.4. The summed E-state index contributed by atoms with van der Waals surface area (Å²) < 4.78 is 34.1. The molecule has 0 saturated carbocycles. The minimum Gasteiger partial charge on any atom is -0.457 e. The van der Waals surface area contributed by atoms with Crippen molar-refractivity contribution in [2.75, 3.05) is 14.2 Å². The van der Waals surface area contributed by atoms with Crippen LogP contribution in [0, 0.1) is 34.5 Å². The largest absolute Gasteiger partial charge is 0.457 e. The molecule has 2 aromatic rings. The molecule has 0 spiro atoms. The molecule has 0 fully saturated rings. The number of nitrogens with zero attached hydrogens (tertiary/aromatic N) is 2. The lowest BCUT2D eigenvalue weighted by Gasteiger charge is -2.36. The molecule has 1 aliphatic rings. The van der Waals surface area contributed by atoms with E-state index in [0.29, 0.717) is 0 Å². The summed E-state index contributed by atoms with van der Waals surface area (Å²) in [5, 5.41) is 21.8. The van der Waals surface area contributed by atoms with Gasteiger partial charge in [-0.05, 0) is 50.3 Å². The van der Waals surface area contributed by atoms with Gasteiger partial charge in [0, 0.05) is 37.9 Å². The summed E-state index contributed by atoms with van der Waals surface area (Å²) in [6.07, 6.45) is 19.5. The molecule has 3 rings (SSSR count). The first kappa shape index (κ1) is 45.2. The molecule has 3 heterocycles. The van der Waals surface area contributed by atoms with Gasteiger partial charge in [0.2, 0.25) is 0 Å². The molecule has 300 valence electrons. The van der Waals surface area contributed by atoms with E-state index in [1.165, 1.54) is 26.7 Å². The average Bonchev–Trinajstić information content (AvgIpc) is 3.85. The van der Waals surface area contributed by atoms with E-state index in [9.17, 15) is 19.8 Å². The summed E-state index contributed by atoms with van der Waals surface area (Å²) >= 11 is 0. The van der Waals surface area contributed by atoms with E-state index < -0.39 is 59.4 Å². The molecule has 0 saturated heterocycles. The summed E-state index contributed by atoms with van der Waals surface area (Å²) in [5.74, 6) is 10.8. The highest BCUT2D eigenvalue weighted by atomic mass is 16.6. The van der Waals surface area contributed by atoms with Gasteiger partial charge in [0.15, 0.2) is 23.2 Å². The summed E-state index contributed by atoms with van der Waals surface area (Å²) in [6, 6.07) is 0. The number of hydrogen-bond donors (Lipinski definition) is 2. The average molecular weight is 771 g/mol. The molecular weight excluding hydrogens is 716 g/mol. The maximum atomic E-state index is 13.3. The Labute approximate surface area is 330 Å². The number of oxazole rings is 2. The van der Waals surface area contributed by atoms with Crippen LogP contribution in [0.15, 0.2) is 94.3 Å². The maximum absolute atomic E-state index is 13.3. The van der Waals surface area contributed by atoms with Gasteiger partial charge in [-0.15, -0.1) is 0 Å². The van der Waals surface area contributed by atoms with E-state index in [2.05, 4.69) is 33.6 Å². The van der Waals surface area contributed by atoms with Crippen LogP contribution >= 0.6 is 0 Å². The number of esters is 2. The second kappa shape index (κ2) is 22.3. The molecule has 0 amide bonds. The number of carbonyl (C=O) groups is 2. The van der Waals surface area contributed by atoms with Crippen LogP contribution in [0.25, 0.3) is 0 Å². The molecule has 56 heavy (non-hydrogen) atoms. The number of aliphatic hydroxyl groups is 2. The van der Waals surface area contributed by atoms with Gasteiger partial charge >= 0.3 is 11.9 Å². The zero-order chi connectivity index (χ0) is 41.1. The van der Waals surface area contributed by atoms with Crippen molar-refractivity contribution < 1.29 is 47.6 Å². The lowest BCUT2D eigenvalue weighted by molar-refractivity contribution is -0.0461. The summed E-state index contributed by atoms with van der Waals surface area (Å²) in [7, 11) is 3.07. The van der Waals surface area contributed by atoms with E-state index in [0.717, 1.165) is 0 Å². The molecule has 12 heteroatoms. The van der Waals surface area contributed by atoms with Gasteiger partial charge in [-0.1, -0.05) is 87.8 Å². The van der Waals surface area contributed by atoms with Crippen molar-refractivity contribution in [1.29, 1.82) is 0 Å². The summed E-state index contributed by atoms with van der Waals surface area (Å²) in [6.45, 7) is 10.8. The number of ether oxygens (including phenoxy) is 4. The lowest BCUT2D eigenvalue weighted by atomic mass is 9.79. The minimum atomic E-state index is -0.904. The number of aliphatic hydroxyl groups excluding tert-OH is 2. The Morgan fingerprint density at radius 1 is 0.696 bits per heavy atom. The van der Waals surface area contributed by atoms with Crippen LogP contribution in [0.5, 0.6) is 0 Å². The first-order chi connectivity index (χ1) is 26.8. The van der Waals surface area contributed by atoms with E-state index in [-0.39, 0.29) is 48.9 Å². The third kappa shape index (κ3) is 13.5. The number of rotatable bonds is 8. The van der Waals surface area contributed by atoms with Crippen LogP contribution in [0.2, 0.25) is 0 Å². The third-order valence-electron chi connectivity index (χ3n) is 9.37. The molecule has 6 unspecified atom stereocenters. The molecule has 0 aromatic carbocycles. The fourth-order valence-corrected chi connectivity index (χ4v) is 5.43. The highest BCUT2D eigenvalue weighted by Crippen LogP contribution is 2.33. The number of cyclic esters (lactones) is 2. The molecule has 12 nitrogen and oxygen atoms in total. The first-order valence-corrected chi connectivity index (χ1v) is 18.4. The highest BCUT2D eigenvalue weighted by Gasteiger charge is 2.39. The fourth-order valence-electron chi connectivity index (χ4n) is 5.43. The third-order valence-corrected chi connectivity index (χ3v) is 9.37. The highest BCUT2D eigenvalue weighted by molar-refractivity contribution is 5.87. The number of fused-ring (bicyclic) bond motifs is 4. The fraction of sp³-hybridized carbons (Fsp3) is 0.455. The molecule has 4 bridgehead atoms. The predicted octanol–water partition coefficient (Wildman–Crippen LogP) is 6.48. The van der Waals surface area contributed by atoms with Gasteiger partial charge in [0.25, 0.3) is 0 Å². The zero-order valence-corrected chi connectivity index (χ0v) is 33.4. The summed E-state index contributed by atoms with van der Waals surface area (Å²) in [5.41, 5.74) is -1.78. The van der Waals surface area contributed by atoms with Crippen molar-refractivity contribution in [2.45, 2.75) is 104 Å². The Kier molecular flexibility index (Phi) is 18.0. The Bertz CT molecular complexity index is 1750. The molecule has 0 aliphatic carbocycles. The minimum absolute atomic E-state index is 0.0160. The van der Waals surface area contributed by atoms with Gasteiger partial charge in [-0.3, -0.25) is 0 Å². The Balaban J connectivity index is 1.95. The topological polar surface area (TPSA) is 164 Å². The van der Waals surface area contributed by atoms with Gasteiger partial charge in [0.1, 0.15) is 24.7 Å². The quantitative estimate of drug-likeness (QED) is 0.171.